The largest absolute Gasteiger partial charge is 0.393 e. The van der Waals surface area contributed by atoms with E-state index in [9.17, 15) is 0 Å². The lowest BCUT2D eigenvalue weighted by Gasteiger charge is -2.02. The molecule has 0 aliphatic heterocycles. The van der Waals surface area contributed by atoms with Crippen LogP contribution >= 0.6 is 0 Å². The zero-order valence-corrected chi connectivity index (χ0v) is 6.30. The van der Waals surface area contributed by atoms with E-state index in [1.165, 1.54) is 0 Å². The Balaban J connectivity index is 3.06. The Labute approximate surface area is 57.4 Å². The summed E-state index contributed by atoms with van der Waals surface area (Å²) in [6.45, 7) is 4.00. The summed E-state index contributed by atoms with van der Waals surface area (Å²) in [5, 5.41) is 9.05. The first-order valence-electron chi connectivity index (χ1n) is 3.60. The van der Waals surface area contributed by atoms with E-state index in [2.05, 4.69) is 6.08 Å². The summed E-state index contributed by atoms with van der Waals surface area (Å²) in [6, 6.07) is 0. The zero-order chi connectivity index (χ0) is 7.11. The van der Waals surface area contributed by atoms with Crippen LogP contribution in [0.15, 0.2) is 12.2 Å². The van der Waals surface area contributed by atoms with E-state index in [0.29, 0.717) is 0 Å². The first-order chi connectivity index (χ1) is 4.31. The van der Waals surface area contributed by atoms with Crippen molar-refractivity contribution < 1.29 is 5.11 Å². The van der Waals surface area contributed by atoms with Crippen molar-refractivity contribution >= 4 is 0 Å². The highest BCUT2D eigenvalue weighted by Crippen LogP contribution is 2.00. The van der Waals surface area contributed by atoms with E-state index in [-0.39, 0.29) is 6.10 Å². The lowest BCUT2D eigenvalue weighted by Crippen LogP contribution is -2.02. The number of aliphatic hydroxyl groups is 1. The number of allylic oxidation sites excluding steroid dienone is 2. The molecule has 0 fully saturated rings. The molecular formula is C8H16O. The first kappa shape index (κ1) is 8.70. The highest BCUT2D eigenvalue weighted by Gasteiger charge is 1.95. The Morgan fingerprint density at radius 3 is 2.67 bits per heavy atom. The van der Waals surface area contributed by atoms with Crippen molar-refractivity contribution in [3.05, 3.63) is 12.2 Å². The maximum atomic E-state index is 9.05. The molecule has 0 rings (SSSR count). The first-order valence-corrected chi connectivity index (χ1v) is 3.60. The maximum absolute atomic E-state index is 9.05. The second kappa shape index (κ2) is 5.83. The minimum atomic E-state index is -0.0961. The van der Waals surface area contributed by atoms with E-state index < -0.39 is 0 Å². The van der Waals surface area contributed by atoms with Gasteiger partial charge in [0.2, 0.25) is 0 Å². The third kappa shape index (κ3) is 5.57. The van der Waals surface area contributed by atoms with Gasteiger partial charge in [0.1, 0.15) is 0 Å². The van der Waals surface area contributed by atoms with Crippen molar-refractivity contribution in [2.24, 2.45) is 0 Å². The number of hydrogen-bond donors (Lipinski definition) is 1. The van der Waals surface area contributed by atoms with Crippen LogP contribution in [-0.4, -0.2) is 11.2 Å². The maximum Gasteiger partial charge on any atom is 0.0540 e. The fourth-order valence-electron chi connectivity index (χ4n) is 0.659. The average molecular weight is 128 g/mol. The van der Waals surface area contributed by atoms with Crippen molar-refractivity contribution in [2.45, 2.75) is 39.2 Å². The average Bonchev–Trinajstić information content (AvgIpc) is 1.89. The van der Waals surface area contributed by atoms with Crippen molar-refractivity contribution in [3.8, 4) is 0 Å². The van der Waals surface area contributed by atoms with Crippen LogP contribution in [0, 0.1) is 0 Å². The van der Waals surface area contributed by atoms with Gasteiger partial charge in [0.25, 0.3) is 0 Å². The van der Waals surface area contributed by atoms with E-state index >= 15 is 0 Å². The van der Waals surface area contributed by atoms with Crippen molar-refractivity contribution in [3.63, 3.8) is 0 Å². The SMILES string of the molecule is C/C=C/CCC(O)CC. The predicted molar refractivity (Wildman–Crippen MR) is 40.3 cm³/mol. The molecule has 0 amide bonds. The summed E-state index contributed by atoms with van der Waals surface area (Å²) >= 11 is 0. The van der Waals surface area contributed by atoms with Gasteiger partial charge >= 0.3 is 0 Å². The second-order valence-corrected chi connectivity index (χ2v) is 2.21. The highest BCUT2D eigenvalue weighted by atomic mass is 16.3. The molecule has 0 aromatic rings. The molecule has 0 bridgehead atoms. The van der Waals surface area contributed by atoms with Crippen molar-refractivity contribution in [1.29, 1.82) is 0 Å². The fourth-order valence-corrected chi connectivity index (χ4v) is 0.659. The summed E-state index contributed by atoms with van der Waals surface area (Å²) in [5.41, 5.74) is 0. The normalized spacial score (nSPS) is 14.6. The molecular weight excluding hydrogens is 112 g/mol. The highest BCUT2D eigenvalue weighted by molar-refractivity contribution is 4.77. The molecule has 0 heterocycles. The van der Waals surface area contributed by atoms with Gasteiger partial charge in [-0.15, -0.1) is 0 Å². The standard InChI is InChI=1S/C8H16O/c1-3-5-6-7-8(9)4-2/h3,5,8-9H,4,6-7H2,1-2H3/b5-3+. The fraction of sp³-hybridized carbons (Fsp3) is 0.750. The summed E-state index contributed by atoms with van der Waals surface area (Å²) in [4.78, 5) is 0. The smallest absolute Gasteiger partial charge is 0.0540 e. The number of rotatable bonds is 4. The molecule has 0 saturated carbocycles. The van der Waals surface area contributed by atoms with Crippen LogP contribution in [0.5, 0.6) is 0 Å². The van der Waals surface area contributed by atoms with E-state index in [4.69, 9.17) is 5.11 Å². The van der Waals surface area contributed by atoms with E-state index in [1.807, 2.05) is 19.9 Å². The molecule has 1 N–H and O–H groups in total. The molecule has 54 valence electrons. The van der Waals surface area contributed by atoms with Crippen LogP contribution in [0.25, 0.3) is 0 Å². The molecule has 0 radical (unpaired) electrons. The van der Waals surface area contributed by atoms with Crippen molar-refractivity contribution in [2.75, 3.05) is 0 Å². The second-order valence-electron chi connectivity index (χ2n) is 2.21. The van der Waals surface area contributed by atoms with Crippen LogP contribution in [-0.2, 0) is 0 Å². The minimum absolute atomic E-state index is 0.0961. The van der Waals surface area contributed by atoms with Gasteiger partial charge in [0, 0.05) is 0 Å². The Morgan fingerprint density at radius 2 is 2.22 bits per heavy atom. The Kier molecular flexibility index (Phi) is 5.64. The molecule has 0 spiro atoms. The molecule has 1 unspecified atom stereocenters. The third-order valence-electron chi connectivity index (χ3n) is 1.37. The quantitative estimate of drug-likeness (QED) is 0.575. The van der Waals surface area contributed by atoms with Crippen LogP contribution < -0.4 is 0 Å². The van der Waals surface area contributed by atoms with Crippen LogP contribution in [0.4, 0.5) is 0 Å². The van der Waals surface area contributed by atoms with Crippen LogP contribution in [0.3, 0.4) is 0 Å². The molecule has 0 aliphatic carbocycles. The molecule has 0 aromatic carbocycles. The third-order valence-corrected chi connectivity index (χ3v) is 1.37. The Hall–Kier alpha value is -0.300. The number of aliphatic hydroxyl groups excluding tert-OH is 1. The lowest BCUT2D eigenvalue weighted by molar-refractivity contribution is 0.161. The molecule has 0 aliphatic rings. The topological polar surface area (TPSA) is 20.2 Å². The predicted octanol–water partition coefficient (Wildman–Crippen LogP) is 2.11. The monoisotopic (exact) mass is 128 g/mol. The minimum Gasteiger partial charge on any atom is -0.393 e. The molecule has 0 aromatic heterocycles. The summed E-state index contributed by atoms with van der Waals surface area (Å²) in [5.74, 6) is 0. The summed E-state index contributed by atoms with van der Waals surface area (Å²) in [6.07, 6.45) is 6.78. The molecule has 1 nitrogen and oxygen atoms in total. The lowest BCUT2D eigenvalue weighted by atomic mass is 10.1. The Morgan fingerprint density at radius 1 is 1.56 bits per heavy atom. The number of hydrogen-bond acceptors (Lipinski definition) is 1. The Bertz CT molecular complexity index is 76.6. The van der Waals surface area contributed by atoms with Crippen molar-refractivity contribution in [1.82, 2.24) is 0 Å². The van der Waals surface area contributed by atoms with Gasteiger partial charge in [0.05, 0.1) is 6.10 Å². The van der Waals surface area contributed by atoms with Crippen LogP contribution in [0.1, 0.15) is 33.1 Å². The summed E-state index contributed by atoms with van der Waals surface area (Å²) < 4.78 is 0. The zero-order valence-electron chi connectivity index (χ0n) is 6.30. The molecule has 0 saturated heterocycles. The summed E-state index contributed by atoms with van der Waals surface area (Å²) in [7, 11) is 0. The molecule has 9 heavy (non-hydrogen) atoms. The van der Waals surface area contributed by atoms with E-state index in [1.54, 1.807) is 0 Å². The van der Waals surface area contributed by atoms with Gasteiger partial charge in [-0.2, -0.15) is 0 Å². The van der Waals surface area contributed by atoms with Crippen LogP contribution in [0.2, 0.25) is 0 Å². The van der Waals surface area contributed by atoms with Gasteiger partial charge < -0.3 is 5.11 Å². The van der Waals surface area contributed by atoms with Gasteiger partial charge in [0.15, 0.2) is 0 Å². The van der Waals surface area contributed by atoms with Gasteiger partial charge in [-0.3, -0.25) is 0 Å². The molecule has 1 heteroatoms. The van der Waals surface area contributed by atoms with Gasteiger partial charge in [-0.05, 0) is 26.2 Å². The van der Waals surface area contributed by atoms with E-state index in [0.717, 1.165) is 19.3 Å². The van der Waals surface area contributed by atoms with Gasteiger partial charge in [-0.25, -0.2) is 0 Å². The van der Waals surface area contributed by atoms with Gasteiger partial charge in [-0.1, -0.05) is 19.1 Å². The molecule has 1 atom stereocenters.